The van der Waals surface area contributed by atoms with E-state index in [9.17, 15) is 4.79 Å². The molecule has 2 heterocycles. The number of carbonyl (C=O) groups is 1. The average Bonchev–Trinajstić information content (AvgIpc) is 3.15. The lowest BCUT2D eigenvalue weighted by Crippen LogP contribution is -2.06. The molecule has 0 saturated heterocycles. The third kappa shape index (κ3) is 4.24. The Bertz CT molecular complexity index is 870. The number of aromatic nitrogens is 3. The molecule has 0 radical (unpaired) electrons. The SMILES string of the molecule is COC(=O)c1ccc(Cl)c(Nc2nncc(NCc3ccco3)n2)c1. The Kier molecular flexibility index (Phi) is 5.10. The van der Waals surface area contributed by atoms with Gasteiger partial charge in [0.1, 0.15) is 5.76 Å². The van der Waals surface area contributed by atoms with Crippen molar-refractivity contribution in [2.75, 3.05) is 17.7 Å². The number of nitrogens with one attached hydrogen (secondary N) is 2. The number of rotatable bonds is 6. The van der Waals surface area contributed by atoms with Crippen LogP contribution in [0.15, 0.2) is 47.2 Å². The largest absolute Gasteiger partial charge is 0.467 e. The van der Waals surface area contributed by atoms with Gasteiger partial charge in [0.15, 0.2) is 5.82 Å². The molecule has 0 atom stereocenters. The number of hydrogen-bond acceptors (Lipinski definition) is 8. The molecule has 1 aromatic carbocycles. The summed E-state index contributed by atoms with van der Waals surface area (Å²) in [6.45, 7) is 0.462. The predicted octanol–water partition coefficient (Wildman–Crippen LogP) is 3.26. The second kappa shape index (κ2) is 7.63. The topological polar surface area (TPSA) is 102 Å². The maximum absolute atomic E-state index is 11.6. The van der Waals surface area contributed by atoms with Gasteiger partial charge in [-0.15, -0.1) is 5.10 Å². The third-order valence-electron chi connectivity index (χ3n) is 3.22. The Morgan fingerprint density at radius 2 is 2.24 bits per heavy atom. The first kappa shape index (κ1) is 16.7. The summed E-state index contributed by atoms with van der Waals surface area (Å²) in [4.78, 5) is 15.9. The van der Waals surface area contributed by atoms with E-state index in [1.807, 2.05) is 6.07 Å². The van der Waals surface area contributed by atoms with E-state index in [-0.39, 0.29) is 5.95 Å². The van der Waals surface area contributed by atoms with Gasteiger partial charge in [-0.1, -0.05) is 11.6 Å². The summed E-state index contributed by atoms with van der Waals surface area (Å²) in [5.41, 5.74) is 0.823. The van der Waals surface area contributed by atoms with Crippen molar-refractivity contribution in [3.8, 4) is 0 Å². The minimum absolute atomic E-state index is 0.230. The molecule has 0 spiro atoms. The van der Waals surface area contributed by atoms with Gasteiger partial charge in [-0.05, 0) is 30.3 Å². The molecule has 2 N–H and O–H groups in total. The van der Waals surface area contributed by atoms with Crippen LogP contribution in [0.5, 0.6) is 0 Å². The van der Waals surface area contributed by atoms with Gasteiger partial charge in [0.2, 0.25) is 5.95 Å². The zero-order chi connectivity index (χ0) is 17.6. The first-order valence-electron chi connectivity index (χ1n) is 7.26. The van der Waals surface area contributed by atoms with Gasteiger partial charge in [0.25, 0.3) is 0 Å². The van der Waals surface area contributed by atoms with Crippen LogP contribution in [0.2, 0.25) is 5.02 Å². The molecule has 25 heavy (non-hydrogen) atoms. The number of methoxy groups -OCH3 is 1. The molecule has 0 bridgehead atoms. The second-order valence-corrected chi connectivity index (χ2v) is 5.32. The molecule has 3 aromatic rings. The van der Waals surface area contributed by atoms with Crippen LogP contribution in [0, 0.1) is 0 Å². The van der Waals surface area contributed by atoms with E-state index >= 15 is 0 Å². The Morgan fingerprint density at radius 3 is 3.00 bits per heavy atom. The fourth-order valence-electron chi connectivity index (χ4n) is 2.02. The molecular formula is C16H14ClN5O3. The number of benzene rings is 1. The highest BCUT2D eigenvalue weighted by Gasteiger charge is 2.10. The molecule has 0 unspecified atom stereocenters. The lowest BCUT2D eigenvalue weighted by molar-refractivity contribution is 0.0601. The molecule has 9 heteroatoms. The summed E-state index contributed by atoms with van der Waals surface area (Å²) in [6.07, 6.45) is 3.08. The van der Waals surface area contributed by atoms with E-state index < -0.39 is 5.97 Å². The molecule has 3 rings (SSSR count). The Labute approximate surface area is 148 Å². The van der Waals surface area contributed by atoms with Crippen molar-refractivity contribution in [2.45, 2.75) is 6.54 Å². The zero-order valence-corrected chi connectivity index (χ0v) is 13.9. The molecule has 0 aliphatic rings. The molecule has 2 aromatic heterocycles. The van der Waals surface area contributed by atoms with E-state index in [4.69, 9.17) is 20.8 Å². The highest BCUT2D eigenvalue weighted by Crippen LogP contribution is 2.25. The maximum atomic E-state index is 11.6. The molecule has 0 aliphatic carbocycles. The predicted molar refractivity (Wildman–Crippen MR) is 91.9 cm³/mol. The van der Waals surface area contributed by atoms with Gasteiger partial charge < -0.3 is 19.8 Å². The van der Waals surface area contributed by atoms with Crippen LogP contribution in [0.4, 0.5) is 17.5 Å². The molecule has 0 fully saturated rings. The Hall–Kier alpha value is -3.13. The van der Waals surface area contributed by atoms with Crippen LogP contribution in [-0.4, -0.2) is 28.3 Å². The fraction of sp³-hybridized carbons (Fsp3) is 0.125. The quantitative estimate of drug-likeness (QED) is 0.646. The van der Waals surface area contributed by atoms with Crippen molar-refractivity contribution in [3.63, 3.8) is 0 Å². The number of nitrogens with zero attached hydrogens (tertiary/aromatic N) is 3. The number of furan rings is 1. The van der Waals surface area contributed by atoms with E-state index in [2.05, 4.69) is 25.8 Å². The van der Waals surface area contributed by atoms with Crippen molar-refractivity contribution in [3.05, 3.63) is 59.1 Å². The van der Waals surface area contributed by atoms with Gasteiger partial charge in [-0.3, -0.25) is 0 Å². The summed E-state index contributed by atoms with van der Waals surface area (Å²) in [7, 11) is 1.31. The van der Waals surface area contributed by atoms with Crippen LogP contribution < -0.4 is 10.6 Å². The highest BCUT2D eigenvalue weighted by molar-refractivity contribution is 6.33. The monoisotopic (exact) mass is 359 g/mol. The number of ether oxygens (including phenoxy) is 1. The summed E-state index contributed by atoms with van der Waals surface area (Å²) < 4.78 is 9.94. The molecule has 0 saturated carbocycles. The van der Waals surface area contributed by atoms with Crippen LogP contribution >= 0.6 is 11.6 Å². The minimum Gasteiger partial charge on any atom is -0.467 e. The third-order valence-corrected chi connectivity index (χ3v) is 3.55. The van der Waals surface area contributed by atoms with Gasteiger partial charge in [-0.25, -0.2) is 4.79 Å². The van der Waals surface area contributed by atoms with Crippen molar-refractivity contribution >= 4 is 35.0 Å². The standard InChI is InChI=1S/C16H14ClN5O3/c1-24-15(23)10-4-5-12(17)13(7-10)20-16-21-14(9-19-22-16)18-8-11-3-2-6-25-11/h2-7,9H,8H2,1H3,(H2,18,20,21,22). The van der Waals surface area contributed by atoms with Crippen LogP contribution in [0.25, 0.3) is 0 Å². The molecular weight excluding hydrogens is 346 g/mol. The first-order chi connectivity index (χ1) is 12.2. The number of hydrogen-bond donors (Lipinski definition) is 2. The van der Waals surface area contributed by atoms with Crippen molar-refractivity contribution < 1.29 is 13.9 Å². The van der Waals surface area contributed by atoms with Crippen LogP contribution in [-0.2, 0) is 11.3 Å². The maximum Gasteiger partial charge on any atom is 0.337 e. The summed E-state index contributed by atoms with van der Waals surface area (Å²) in [6, 6.07) is 8.36. The number of anilines is 3. The smallest absolute Gasteiger partial charge is 0.337 e. The van der Waals surface area contributed by atoms with Gasteiger partial charge in [0, 0.05) is 0 Å². The van der Waals surface area contributed by atoms with Crippen molar-refractivity contribution in [1.82, 2.24) is 15.2 Å². The Balaban J connectivity index is 1.74. The summed E-state index contributed by atoms with van der Waals surface area (Å²) in [5.74, 6) is 1.04. The average molecular weight is 360 g/mol. The second-order valence-electron chi connectivity index (χ2n) is 4.91. The molecule has 0 aliphatic heterocycles. The first-order valence-corrected chi connectivity index (χ1v) is 7.64. The lowest BCUT2D eigenvalue weighted by Gasteiger charge is -2.09. The van der Waals surface area contributed by atoms with Crippen LogP contribution in [0.1, 0.15) is 16.1 Å². The highest BCUT2D eigenvalue weighted by atomic mass is 35.5. The molecule has 128 valence electrons. The number of carbonyl (C=O) groups excluding carboxylic acids is 1. The lowest BCUT2D eigenvalue weighted by atomic mass is 10.2. The van der Waals surface area contributed by atoms with Gasteiger partial charge in [-0.2, -0.15) is 10.1 Å². The normalized spacial score (nSPS) is 10.3. The fourth-order valence-corrected chi connectivity index (χ4v) is 2.18. The zero-order valence-electron chi connectivity index (χ0n) is 13.2. The Morgan fingerprint density at radius 1 is 1.36 bits per heavy atom. The van der Waals surface area contributed by atoms with Crippen molar-refractivity contribution in [2.24, 2.45) is 0 Å². The number of esters is 1. The van der Waals surface area contributed by atoms with Crippen molar-refractivity contribution in [1.29, 1.82) is 0 Å². The summed E-state index contributed by atoms with van der Waals surface area (Å²) in [5, 5.41) is 14.2. The molecule has 0 amide bonds. The van der Waals surface area contributed by atoms with E-state index in [0.717, 1.165) is 5.76 Å². The minimum atomic E-state index is -0.465. The molecule has 8 nitrogen and oxygen atoms in total. The van der Waals surface area contributed by atoms with E-state index in [0.29, 0.717) is 28.6 Å². The van der Waals surface area contributed by atoms with Crippen LogP contribution in [0.3, 0.4) is 0 Å². The number of halogens is 1. The van der Waals surface area contributed by atoms with E-state index in [1.54, 1.807) is 30.5 Å². The van der Waals surface area contributed by atoms with Gasteiger partial charge >= 0.3 is 5.97 Å². The van der Waals surface area contributed by atoms with Gasteiger partial charge in [0.05, 0.1) is 42.4 Å². The summed E-state index contributed by atoms with van der Waals surface area (Å²) >= 11 is 6.14. The van der Waals surface area contributed by atoms with E-state index in [1.165, 1.54) is 13.3 Å².